The summed E-state index contributed by atoms with van der Waals surface area (Å²) >= 11 is 0. The molecule has 0 bridgehead atoms. The average molecular weight is 429 g/mol. The number of rotatable bonds is 4. The van der Waals surface area contributed by atoms with Crippen LogP contribution in [0.1, 0.15) is 42.1 Å². The summed E-state index contributed by atoms with van der Waals surface area (Å²) in [6, 6.07) is 2.93. The van der Waals surface area contributed by atoms with Crippen LogP contribution in [0.5, 0.6) is 0 Å². The third-order valence-corrected chi connectivity index (χ3v) is 6.41. The summed E-state index contributed by atoms with van der Waals surface area (Å²) in [5.41, 5.74) is -0.0926. The van der Waals surface area contributed by atoms with Crippen molar-refractivity contribution in [1.29, 1.82) is 0 Å². The zero-order valence-corrected chi connectivity index (χ0v) is 17.1. The Labute approximate surface area is 177 Å². The van der Waals surface area contributed by atoms with Gasteiger partial charge in [-0.2, -0.15) is 0 Å². The van der Waals surface area contributed by atoms with Gasteiger partial charge in [-0.25, -0.2) is 9.18 Å². The van der Waals surface area contributed by atoms with Gasteiger partial charge in [0.05, 0.1) is 11.2 Å². The van der Waals surface area contributed by atoms with E-state index in [0.717, 1.165) is 31.7 Å². The maximum Gasteiger partial charge on any atom is 0.341 e. The number of fused-ring (bicyclic) bond motifs is 1. The highest BCUT2D eigenvalue weighted by atomic mass is 19.1. The lowest BCUT2D eigenvalue weighted by atomic mass is 10.1. The highest BCUT2D eigenvalue weighted by Gasteiger charge is 2.32. The Bertz CT molecular complexity index is 1110. The van der Waals surface area contributed by atoms with Gasteiger partial charge in [0.15, 0.2) is 0 Å². The van der Waals surface area contributed by atoms with Crippen LogP contribution in [0.25, 0.3) is 10.9 Å². The number of aromatic nitrogens is 1. The van der Waals surface area contributed by atoms with Crippen LogP contribution < -0.4 is 10.3 Å². The first-order chi connectivity index (χ1) is 14.9. The van der Waals surface area contributed by atoms with E-state index < -0.39 is 17.2 Å². The second kappa shape index (κ2) is 7.64. The summed E-state index contributed by atoms with van der Waals surface area (Å²) in [6.45, 7) is 2.52. The van der Waals surface area contributed by atoms with Crippen LogP contribution in [0.15, 0.2) is 23.1 Å². The topological polar surface area (TPSA) is 92.1 Å². The molecule has 2 aromatic rings. The van der Waals surface area contributed by atoms with Gasteiger partial charge >= 0.3 is 5.97 Å². The van der Waals surface area contributed by atoms with Crippen LogP contribution in [0.4, 0.5) is 10.1 Å². The van der Waals surface area contributed by atoms with Crippen molar-refractivity contribution < 1.29 is 23.8 Å². The quantitative estimate of drug-likeness (QED) is 0.799. The lowest BCUT2D eigenvalue weighted by Crippen LogP contribution is -2.51. The maximum atomic E-state index is 15.0. The smallest absolute Gasteiger partial charge is 0.341 e. The predicted molar refractivity (Wildman–Crippen MR) is 111 cm³/mol. The number of carboxylic acid groups (broad SMARTS) is 1. The van der Waals surface area contributed by atoms with E-state index in [2.05, 4.69) is 0 Å². The van der Waals surface area contributed by atoms with E-state index in [1.807, 2.05) is 4.90 Å². The number of piperazine rings is 1. The molecule has 0 spiro atoms. The summed E-state index contributed by atoms with van der Waals surface area (Å²) in [4.78, 5) is 40.3. The predicted octanol–water partition coefficient (Wildman–Crippen LogP) is 2.00. The molecule has 2 saturated heterocycles. The molecule has 8 nitrogen and oxygen atoms in total. The van der Waals surface area contributed by atoms with Crippen molar-refractivity contribution in [1.82, 2.24) is 9.47 Å². The van der Waals surface area contributed by atoms with E-state index in [0.29, 0.717) is 44.0 Å². The fraction of sp³-hybridized carbons (Fsp3) is 0.500. The molecule has 3 heterocycles. The van der Waals surface area contributed by atoms with Crippen molar-refractivity contribution in [2.24, 2.45) is 0 Å². The Kier molecular flexibility index (Phi) is 4.92. The third-order valence-electron chi connectivity index (χ3n) is 6.41. The molecule has 2 aliphatic heterocycles. The molecule has 1 aromatic heterocycles. The van der Waals surface area contributed by atoms with Crippen molar-refractivity contribution in [3.8, 4) is 0 Å². The van der Waals surface area contributed by atoms with Gasteiger partial charge in [0.25, 0.3) is 5.91 Å². The molecule has 3 fully saturated rings. The van der Waals surface area contributed by atoms with Gasteiger partial charge in [-0.1, -0.05) is 0 Å². The number of ether oxygens (including phenoxy) is 1. The van der Waals surface area contributed by atoms with Crippen LogP contribution in [0.3, 0.4) is 0 Å². The number of hydrogen-bond acceptors (Lipinski definition) is 5. The molecule has 1 atom stereocenters. The van der Waals surface area contributed by atoms with Gasteiger partial charge in [0.2, 0.25) is 5.43 Å². The van der Waals surface area contributed by atoms with Crippen molar-refractivity contribution in [2.45, 2.75) is 37.8 Å². The van der Waals surface area contributed by atoms with Crippen LogP contribution >= 0.6 is 0 Å². The van der Waals surface area contributed by atoms with Gasteiger partial charge in [-0.05, 0) is 37.8 Å². The fourth-order valence-electron chi connectivity index (χ4n) is 4.55. The Morgan fingerprint density at radius 3 is 2.45 bits per heavy atom. The summed E-state index contributed by atoms with van der Waals surface area (Å²) in [7, 11) is 0. The van der Waals surface area contributed by atoms with Gasteiger partial charge in [-0.15, -0.1) is 0 Å². The van der Waals surface area contributed by atoms with Crippen LogP contribution in [0, 0.1) is 5.82 Å². The lowest BCUT2D eigenvalue weighted by Gasteiger charge is -2.37. The first-order valence-corrected chi connectivity index (χ1v) is 10.7. The van der Waals surface area contributed by atoms with E-state index in [1.54, 1.807) is 15.5 Å². The number of anilines is 1. The van der Waals surface area contributed by atoms with E-state index >= 15 is 4.39 Å². The van der Waals surface area contributed by atoms with E-state index in [1.165, 1.54) is 6.20 Å². The van der Waals surface area contributed by atoms with Gasteiger partial charge in [-0.3, -0.25) is 9.59 Å². The molecule has 164 valence electrons. The van der Waals surface area contributed by atoms with Crippen molar-refractivity contribution >= 4 is 28.5 Å². The van der Waals surface area contributed by atoms with Crippen molar-refractivity contribution in [2.75, 3.05) is 37.7 Å². The Morgan fingerprint density at radius 2 is 1.84 bits per heavy atom. The minimum absolute atomic E-state index is 0.0000876. The fourth-order valence-corrected chi connectivity index (χ4v) is 4.55. The number of benzene rings is 1. The SMILES string of the molecule is O=C(O)c1cn(C2CC2)c2cc(N3CCN(C(=O)C4CCCO4)CC3)c(F)cc2c1=O. The van der Waals surface area contributed by atoms with Crippen molar-refractivity contribution in [3.05, 3.63) is 39.9 Å². The van der Waals surface area contributed by atoms with Gasteiger partial charge in [0.1, 0.15) is 17.5 Å². The van der Waals surface area contributed by atoms with Crippen LogP contribution in [-0.2, 0) is 9.53 Å². The number of nitrogens with zero attached hydrogens (tertiary/aromatic N) is 3. The molecule has 1 saturated carbocycles. The largest absolute Gasteiger partial charge is 0.477 e. The Hall–Kier alpha value is -2.94. The highest BCUT2D eigenvalue weighted by Crippen LogP contribution is 2.38. The maximum absolute atomic E-state index is 15.0. The number of pyridine rings is 1. The molecular formula is C22H24FN3O5. The zero-order valence-electron chi connectivity index (χ0n) is 17.1. The normalized spacial score (nSPS) is 21.6. The number of carbonyl (C=O) groups excluding carboxylic acids is 1. The molecule has 3 aliphatic rings. The van der Waals surface area contributed by atoms with E-state index in [9.17, 15) is 19.5 Å². The summed E-state index contributed by atoms with van der Waals surface area (Å²) in [5, 5.41) is 9.45. The number of amides is 1. The van der Waals surface area contributed by atoms with Crippen molar-refractivity contribution in [3.63, 3.8) is 0 Å². The number of carbonyl (C=O) groups is 2. The molecule has 1 aromatic carbocycles. The molecule has 5 rings (SSSR count). The van der Waals surface area contributed by atoms with Gasteiger partial charge < -0.3 is 24.2 Å². The number of aromatic carboxylic acids is 1. The molecule has 9 heteroatoms. The van der Waals surface area contributed by atoms with Crippen LogP contribution in [0.2, 0.25) is 0 Å². The zero-order chi connectivity index (χ0) is 21.7. The Morgan fingerprint density at radius 1 is 1.10 bits per heavy atom. The standard InChI is InChI=1S/C22H24FN3O5/c23-16-10-14-17(26(13-3-4-13)12-15(20(14)27)22(29)30)11-18(16)24-5-7-25(8-6-24)21(28)19-2-1-9-31-19/h10-13,19H,1-9H2,(H,29,30). The summed E-state index contributed by atoms with van der Waals surface area (Å²) in [6.07, 6.45) is 4.45. The summed E-state index contributed by atoms with van der Waals surface area (Å²) in [5.74, 6) is -1.87. The number of halogens is 1. The third kappa shape index (κ3) is 3.56. The number of carboxylic acids is 1. The molecule has 1 aliphatic carbocycles. The average Bonchev–Trinajstić information content (AvgIpc) is 3.46. The monoisotopic (exact) mass is 429 g/mol. The molecular weight excluding hydrogens is 405 g/mol. The molecule has 1 amide bonds. The van der Waals surface area contributed by atoms with Crippen LogP contribution in [-0.4, -0.2) is 65.3 Å². The summed E-state index contributed by atoms with van der Waals surface area (Å²) < 4.78 is 22.3. The first-order valence-electron chi connectivity index (χ1n) is 10.7. The second-order valence-corrected chi connectivity index (χ2v) is 8.45. The molecule has 0 radical (unpaired) electrons. The first kappa shape index (κ1) is 20.0. The van der Waals surface area contributed by atoms with E-state index in [4.69, 9.17) is 4.74 Å². The van der Waals surface area contributed by atoms with E-state index in [-0.39, 0.29) is 29.0 Å². The minimum Gasteiger partial charge on any atom is -0.477 e. The molecule has 1 unspecified atom stereocenters. The molecule has 31 heavy (non-hydrogen) atoms. The Balaban J connectivity index is 1.44. The van der Waals surface area contributed by atoms with Gasteiger partial charge in [0, 0.05) is 50.4 Å². The molecule has 1 N–H and O–H groups in total. The lowest BCUT2D eigenvalue weighted by molar-refractivity contribution is -0.141. The highest BCUT2D eigenvalue weighted by molar-refractivity contribution is 5.93. The second-order valence-electron chi connectivity index (χ2n) is 8.45. The number of hydrogen-bond donors (Lipinski definition) is 1. The minimum atomic E-state index is -1.31.